The zero-order valence-corrected chi connectivity index (χ0v) is 11.6. The van der Waals surface area contributed by atoms with Gasteiger partial charge in [0.15, 0.2) is 0 Å². The Bertz CT molecular complexity index is 480. The van der Waals surface area contributed by atoms with E-state index in [0.717, 1.165) is 5.92 Å². The maximum absolute atomic E-state index is 4.55. The Labute approximate surface area is 111 Å². The second-order valence-electron chi connectivity index (χ2n) is 7.28. The summed E-state index contributed by atoms with van der Waals surface area (Å²) in [6.07, 6.45) is 11.1. The summed E-state index contributed by atoms with van der Waals surface area (Å²) in [4.78, 5) is 0. The van der Waals surface area contributed by atoms with Crippen molar-refractivity contribution in [3.63, 3.8) is 0 Å². The van der Waals surface area contributed by atoms with Crippen LogP contribution in [-0.4, -0.2) is 0 Å². The van der Waals surface area contributed by atoms with Crippen molar-refractivity contribution in [3.05, 3.63) is 35.5 Å². The maximum atomic E-state index is 4.55. The monoisotopic (exact) mass is 240 g/mol. The SMILES string of the molecule is C=C1C2=C(C3CCCCC3)C(=C)C3(CC3)C1(C)C2. The molecule has 1 atom stereocenters. The highest BCUT2D eigenvalue weighted by Gasteiger charge is 2.67. The molecule has 0 heterocycles. The van der Waals surface area contributed by atoms with E-state index in [-0.39, 0.29) is 0 Å². The van der Waals surface area contributed by atoms with Crippen LogP contribution in [-0.2, 0) is 0 Å². The number of allylic oxidation sites excluding steroid dienone is 4. The van der Waals surface area contributed by atoms with Crippen molar-refractivity contribution in [2.75, 3.05) is 0 Å². The Morgan fingerprint density at radius 2 is 1.67 bits per heavy atom. The van der Waals surface area contributed by atoms with Crippen LogP contribution in [0, 0.1) is 16.7 Å². The van der Waals surface area contributed by atoms with Crippen LogP contribution in [0.4, 0.5) is 0 Å². The van der Waals surface area contributed by atoms with Gasteiger partial charge in [-0.15, -0.1) is 0 Å². The summed E-state index contributed by atoms with van der Waals surface area (Å²) in [6, 6.07) is 0. The van der Waals surface area contributed by atoms with Crippen LogP contribution in [0.3, 0.4) is 0 Å². The minimum Gasteiger partial charge on any atom is -0.0949 e. The molecule has 0 aliphatic heterocycles. The summed E-state index contributed by atoms with van der Waals surface area (Å²) in [5.74, 6) is 0.820. The van der Waals surface area contributed by atoms with Crippen molar-refractivity contribution in [2.24, 2.45) is 16.7 Å². The predicted molar refractivity (Wildman–Crippen MR) is 76.3 cm³/mol. The number of hydrogen-bond acceptors (Lipinski definition) is 0. The smallest absolute Gasteiger partial charge is 0.00589 e. The van der Waals surface area contributed by atoms with E-state index in [1.807, 2.05) is 0 Å². The largest absolute Gasteiger partial charge is 0.0949 e. The summed E-state index contributed by atoms with van der Waals surface area (Å²) in [5, 5.41) is 0. The van der Waals surface area contributed by atoms with E-state index >= 15 is 0 Å². The maximum Gasteiger partial charge on any atom is 0.00589 e. The van der Waals surface area contributed by atoms with Gasteiger partial charge in [0.05, 0.1) is 0 Å². The fourth-order valence-corrected chi connectivity index (χ4v) is 5.14. The average Bonchev–Trinajstić information content (AvgIpc) is 3.18. The molecule has 5 rings (SSSR count). The Morgan fingerprint density at radius 3 is 2.22 bits per heavy atom. The highest BCUT2D eigenvalue weighted by Crippen LogP contribution is 2.78. The average molecular weight is 240 g/mol. The van der Waals surface area contributed by atoms with Gasteiger partial charge >= 0.3 is 0 Å². The van der Waals surface area contributed by atoms with Crippen LogP contribution >= 0.6 is 0 Å². The van der Waals surface area contributed by atoms with E-state index in [9.17, 15) is 0 Å². The van der Waals surface area contributed by atoms with Gasteiger partial charge in [0.1, 0.15) is 0 Å². The van der Waals surface area contributed by atoms with Gasteiger partial charge in [-0.2, -0.15) is 0 Å². The quantitative estimate of drug-likeness (QED) is 0.592. The first-order valence-corrected chi connectivity index (χ1v) is 7.73. The number of hydrogen-bond donors (Lipinski definition) is 0. The second kappa shape index (κ2) is 3.21. The molecule has 96 valence electrons. The highest BCUT2D eigenvalue weighted by atomic mass is 14.7. The molecule has 0 heteroatoms. The summed E-state index contributed by atoms with van der Waals surface area (Å²) in [7, 11) is 0. The first kappa shape index (κ1) is 11.1. The molecular formula is C18H24. The van der Waals surface area contributed by atoms with Gasteiger partial charge in [-0.05, 0) is 60.3 Å². The molecule has 0 aromatic heterocycles. The van der Waals surface area contributed by atoms with Gasteiger partial charge in [-0.1, -0.05) is 39.3 Å². The number of fused-ring (bicyclic) bond motifs is 1. The Hall–Kier alpha value is -0.780. The topological polar surface area (TPSA) is 0 Å². The van der Waals surface area contributed by atoms with Gasteiger partial charge < -0.3 is 0 Å². The highest BCUT2D eigenvalue weighted by molar-refractivity contribution is 5.65. The molecule has 3 saturated carbocycles. The van der Waals surface area contributed by atoms with E-state index in [2.05, 4.69) is 20.1 Å². The molecule has 1 unspecified atom stereocenters. The van der Waals surface area contributed by atoms with Crippen LogP contribution in [0.15, 0.2) is 35.5 Å². The predicted octanol–water partition coefficient (Wildman–Crippen LogP) is 5.18. The Balaban J connectivity index is 1.79. The Morgan fingerprint density at radius 1 is 1.00 bits per heavy atom. The fourth-order valence-electron chi connectivity index (χ4n) is 5.14. The second-order valence-corrected chi connectivity index (χ2v) is 7.28. The molecule has 0 aromatic rings. The molecule has 2 bridgehead atoms. The summed E-state index contributed by atoms with van der Waals surface area (Å²) >= 11 is 0. The molecule has 1 spiro atoms. The van der Waals surface area contributed by atoms with Crippen molar-refractivity contribution in [2.45, 2.75) is 58.3 Å². The van der Waals surface area contributed by atoms with Gasteiger partial charge in [0.2, 0.25) is 0 Å². The lowest BCUT2D eigenvalue weighted by atomic mass is 9.46. The molecule has 3 fully saturated rings. The van der Waals surface area contributed by atoms with E-state index in [1.165, 1.54) is 62.5 Å². The lowest BCUT2D eigenvalue weighted by molar-refractivity contribution is 0.184. The number of rotatable bonds is 1. The minimum atomic E-state index is 0.386. The first-order valence-electron chi connectivity index (χ1n) is 7.73. The molecule has 5 aliphatic carbocycles. The molecule has 0 N–H and O–H groups in total. The molecular weight excluding hydrogens is 216 g/mol. The van der Waals surface area contributed by atoms with Crippen molar-refractivity contribution in [1.82, 2.24) is 0 Å². The standard InChI is InChI=1S/C18H24/c1-12-15-11-17(12,3)18(9-10-18)13(2)16(15)14-7-5-4-6-8-14/h14H,1-2,4-11H2,3H3. The van der Waals surface area contributed by atoms with E-state index in [1.54, 1.807) is 11.1 Å². The summed E-state index contributed by atoms with van der Waals surface area (Å²) < 4.78 is 0. The van der Waals surface area contributed by atoms with E-state index in [0.29, 0.717) is 10.8 Å². The molecule has 0 radical (unpaired) electrons. The molecule has 0 saturated heterocycles. The molecule has 5 aliphatic rings. The van der Waals surface area contributed by atoms with Crippen molar-refractivity contribution >= 4 is 0 Å². The van der Waals surface area contributed by atoms with E-state index < -0.39 is 0 Å². The zero-order valence-electron chi connectivity index (χ0n) is 11.6. The van der Waals surface area contributed by atoms with Crippen molar-refractivity contribution < 1.29 is 0 Å². The lowest BCUT2D eigenvalue weighted by Gasteiger charge is -2.58. The summed E-state index contributed by atoms with van der Waals surface area (Å²) in [5.41, 5.74) is 7.14. The minimum absolute atomic E-state index is 0.386. The van der Waals surface area contributed by atoms with E-state index in [4.69, 9.17) is 0 Å². The van der Waals surface area contributed by atoms with Crippen LogP contribution in [0.2, 0.25) is 0 Å². The fraction of sp³-hybridized carbons (Fsp3) is 0.667. The summed E-state index contributed by atoms with van der Waals surface area (Å²) in [6.45, 7) is 11.4. The van der Waals surface area contributed by atoms with Crippen LogP contribution in [0.1, 0.15) is 58.3 Å². The third-order valence-corrected chi connectivity index (χ3v) is 6.61. The first-order chi connectivity index (χ1) is 8.60. The Kier molecular flexibility index (Phi) is 1.98. The van der Waals surface area contributed by atoms with Crippen LogP contribution in [0.5, 0.6) is 0 Å². The molecule has 0 nitrogen and oxygen atoms in total. The zero-order chi connectivity index (χ0) is 12.5. The molecule has 0 amide bonds. The van der Waals surface area contributed by atoms with Gasteiger partial charge in [-0.25, -0.2) is 0 Å². The van der Waals surface area contributed by atoms with Gasteiger partial charge in [0.25, 0.3) is 0 Å². The van der Waals surface area contributed by atoms with Crippen molar-refractivity contribution in [1.29, 1.82) is 0 Å². The normalized spacial score (nSPS) is 38.1. The molecule has 18 heavy (non-hydrogen) atoms. The van der Waals surface area contributed by atoms with Gasteiger partial charge in [0, 0.05) is 10.8 Å². The van der Waals surface area contributed by atoms with Crippen molar-refractivity contribution in [3.8, 4) is 0 Å². The van der Waals surface area contributed by atoms with Crippen LogP contribution in [0.25, 0.3) is 0 Å². The van der Waals surface area contributed by atoms with Gasteiger partial charge in [-0.3, -0.25) is 0 Å². The van der Waals surface area contributed by atoms with Crippen LogP contribution < -0.4 is 0 Å². The molecule has 0 aromatic carbocycles. The third kappa shape index (κ3) is 1.05. The lowest BCUT2D eigenvalue weighted by Crippen LogP contribution is -2.47. The third-order valence-electron chi connectivity index (χ3n) is 6.61.